The number of carbonyl (C=O) groups is 1. The fourth-order valence-electron chi connectivity index (χ4n) is 3.04. The molecule has 1 aliphatic heterocycles. The van der Waals surface area contributed by atoms with Gasteiger partial charge in [0.25, 0.3) is 0 Å². The lowest BCUT2D eigenvalue weighted by Gasteiger charge is -2.10. The number of nitrogens with zero attached hydrogens (tertiary/aromatic N) is 1. The Morgan fingerprint density at radius 2 is 1.93 bits per heavy atom. The number of hydrazine groups is 1. The first-order valence-electron chi connectivity index (χ1n) is 8.73. The van der Waals surface area contributed by atoms with E-state index in [1.165, 1.54) is 12.1 Å². The van der Waals surface area contributed by atoms with Crippen LogP contribution in [0, 0.1) is 5.82 Å². The first-order chi connectivity index (χ1) is 13.2. The van der Waals surface area contributed by atoms with Crippen LogP contribution in [0.1, 0.15) is 23.7 Å². The SMILES string of the molecule is O=C(NCc1csc(-c2ccccc2)n1)C1CC(c2ccc(F)cc2)NN1. The van der Waals surface area contributed by atoms with Gasteiger partial charge >= 0.3 is 0 Å². The molecule has 4 rings (SSSR count). The number of carbonyl (C=O) groups excluding carboxylic acids is 1. The minimum atomic E-state index is -0.340. The zero-order valence-electron chi connectivity index (χ0n) is 14.5. The normalized spacial score (nSPS) is 19.1. The Labute approximate surface area is 160 Å². The number of rotatable bonds is 5. The van der Waals surface area contributed by atoms with Crippen molar-refractivity contribution < 1.29 is 9.18 Å². The van der Waals surface area contributed by atoms with Gasteiger partial charge in [-0.15, -0.1) is 11.3 Å². The molecule has 2 unspecified atom stereocenters. The number of hydrogen-bond acceptors (Lipinski definition) is 5. The molecule has 1 aliphatic rings. The Kier molecular flexibility index (Phi) is 5.24. The molecule has 1 saturated heterocycles. The third-order valence-corrected chi connectivity index (χ3v) is 5.45. The number of aromatic nitrogens is 1. The van der Waals surface area contributed by atoms with Crippen molar-refractivity contribution in [2.75, 3.05) is 0 Å². The second kappa shape index (κ2) is 7.96. The lowest BCUT2D eigenvalue weighted by Crippen LogP contribution is -2.42. The van der Waals surface area contributed by atoms with E-state index in [-0.39, 0.29) is 23.8 Å². The van der Waals surface area contributed by atoms with Gasteiger partial charge in [0.05, 0.1) is 12.2 Å². The van der Waals surface area contributed by atoms with Crippen LogP contribution in [0.4, 0.5) is 4.39 Å². The topological polar surface area (TPSA) is 66.0 Å². The van der Waals surface area contributed by atoms with E-state index in [1.54, 1.807) is 23.5 Å². The van der Waals surface area contributed by atoms with E-state index in [2.05, 4.69) is 21.2 Å². The van der Waals surface area contributed by atoms with Gasteiger partial charge in [-0.05, 0) is 24.1 Å². The first kappa shape index (κ1) is 17.8. The molecule has 0 radical (unpaired) electrons. The van der Waals surface area contributed by atoms with Crippen LogP contribution in [0.25, 0.3) is 10.6 Å². The van der Waals surface area contributed by atoms with Gasteiger partial charge < -0.3 is 5.32 Å². The van der Waals surface area contributed by atoms with Crippen LogP contribution < -0.4 is 16.2 Å². The van der Waals surface area contributed by atoms with Crippen molar-refractivity contribution >= 4 is 17.2 Å². The largest absolute Gasteiger partial charge is 0.349 e. The summed E-state index contributed by atoms with van der Waals surface area (Å²) in [6.07, 6.45) is 0.601. The number of nitrogens with one attached hydrogen (secondary N) is 3. The molecule has 0 spiro atoms. The van der Waals surface area contributed by atoms with Crippen LogP contribution in [0.2, 0.25) is 0 Å². The molecule has 27 heavy (non-hydrogen) atoms. The standard InChI is InChI=1S/C20H19FN4OS/c21-15-8-6-13(7-9-15)17-10-18(25-24-17)19(26)22-11-16-12-27-20(23-16)14-4-2-1-3-5-14/h1-9,12,17-18,24-25H,10-11H2,(H,22,26). The molecular formula is C20H19FN4OS. The zero-order chi connectivity index (χ0) is 18.6. The predicted molar refractivity (Wildman–Crippen MR) is 103 cm³/mol. The molecule has 0 aliphatic carbocycles. The first-order valence-corrected chi connectivity index (χ1v) is 9.61. The van der Waals surface area contributed by atoms with E-state index >= 15 is 0 Å². The highest BCUT2D eigenvalue weighted by molar-refractivity contribution is 7.13. The van der Waals surface area contributed by atoms with E-state index in [9.17, 15) is 9.18 Å². The highest BCUT2D eigenvalue weighted by Gasteiger charge is 2.30. The Hall–Kier alpha value is -2.61. The lowest BCUT2D eigenvalue weighted by atomic mass is 10.0. The molecule has 7 heteroatoms. The highest BCUT2D eigenvalue weighted by atomic mass is 32.1. The molecule has 3 aromatic rings. The van der Waals surface area contributed by atoms with Gasteiger partial charge in [0, 0.05) is 17.0 Å². The van der Waals surface area contributed by atoms with Crippen molar-refractivity contribution in [1.29, 1.82) is 0 Å². The van der Waals surface area contributed by atoms with Crippen molar-refractivity contribution in [3.05, 3.63) is 77.1 Å². The molecule has 5 nitrogen and oxygen atoms in total. The van der Waals surface area contributed by atoms with Crippen LogP contribution in [-0.2, 0) is 11.3 Å². The van der Waals surface area contributed by atoms with Gasteiger partial charge in [-0.2, -0.15) is 0 Å². The summed E-state index contributed by atoms with van der Waals surface area (Å²) in [7, 11) is 0. The fourth-order valence-corrected chi connectivity index (χ4v) is 3.87. The smallest absolute Gasteiger partial charge is 0.238 e. The Morgan fingerprint density at radius 1 is 1.15 bits per heavy atom. The van der Waals surface area contributed by atoms with Crippen LogP contribution in [-0.4, -0.2) is 16.9 Å². The van der Waals surface area contributed by atoms with Gasteiger partial charge in [0.15, 0.2) is 0 Å². The maximum atomic E-state index is 13.0. The van der Waals surface area contributed by atoms with Crippen LogP contribution in [0.3, 0.4) is 0 Å². The average molecular weight is 382 g/mol. The highest BCUT2D eigenvalue weighted by Crippen LogP contribution is 2.24. The molecular weight excluding hydrogens is 363 g/mol. The van der Waals surface area contributed by atoms with Crippen molar-refractivity contribution in [2.24, 2.45) is 0 Å². The summed E-state index contributed by atoms with van der Waals surface area (Å²) >= 11 is 1.56. The second-order valence-corrected chi connectivity index (χ2v) is 7.27. The molecule has 1 aromatic heterocycles. The minimum absolute atomic E-state index is 0.0229. The molecule has 0 saturated carbocycles. The predicted octanol–water partition coefficient (Wildman–Crippen LogP) is 3.17. The van der Waals surface area contributed by atoms with Crippen molar-refractivity contribution in [1.82, 2.24) is 21.2 Å². The fraction of sp³-hybridized carbons (Fsp3) is 0.200. The number of halogens is 1. The van der Waals surface area contributed by atoms with E-state index in [4.69, 9.17) is 0 Å². The zero-order valence-corrected chi connectivity index (χ0v) is 15.3. The van der Waals surface area contributed by atoms with Crippen LogP contribution >= 0.6 is 11.3 Å². The molecule has 3 N–H and O–H groups in total. The minimum Gasteiger partial charge on any atom is -0.349 e. The van der Waals surface area contributed by atoms with E-state index < -0.39 is 0 Å². The van der Waals surface area contributed by atoms with Crippen LogP contribution in [0.5, 0.6) is 0 Å². The van der Waals surface area contributed by atoms with Gasteiger partial charge in [0.2, 0.25) is 5.91 Å². The van der Waals surface area contributed by atoms with Gasteiger partial charge in [-0.1, -0.05) is 42.5 Å². The summed E-state index contributed by atoms with van der Waals surface area (Å²) in [6, 6.07) is 15.9. The molecule has 0 bridgehead atoms. The van der Waals surface area contributed by atoms with E-state index in [1.807, 2.05) is 35.7 Å². The van der Waals surface area contributed by atoms with Gasteiger partial charge in [-0.25, -0.2) is 20.2 Å². The van der Waals surface area contributed by atoms with Crippen molar-refractivity contribution in [3.8, 4) is 10.6 Å². The third-order valence-electron chi connectivity index (χ3n) is 4.51. The Morgan fingerprint density at radius 3 is 2.70 bits per heavy atom. The third kappa shape index (κ3) is 4.21. The van der Waals surface area contributed by atoms with Gasteiger partial charge in [-0.3, -0.25) is 4.79 Å². The number of hydrogen-bond donors (Lipinski definition) is 3. The second-order valence-electron chi connectivity index (χ2n) is 6.41. The maximum Gasteiger partial charge on any atom is 0.238 e. The summed E-state index contributed by atoms with van der Waals surface area (Å²) in [4.78, 5) is 17.0. The molecule has 1 amide bonds. The molecule has 138 valence electrons. The molecule has 2 atom stereocenters. The summed E-state index contributed by atoms with van der Waals surface area (Å²) in [5.41, 5.74) is 8.98. The van der Waals surface area contributed by atoms with Gasteiger partial charge in [0.1, 0.15) is 16.9 Å². The number of thiazole rings is 1. The summed E-state index contributed by atoms with van der Waals surface area (Å²) < 4.78 is 13.0. The van der Waals surface area contributed by atoms with Crippen molar-refractivity contribution in [2.45, 2.75) is 25.0 Å². The summed E-state index contributed by atoms with van der Waals surface area (Å²) in [5.74, 6) is -0.349. The Balaban J connectivity index is 1.31. The quantitative estimate of drug-likeness (QED) is 0.634. The Bertz CT molecular complexity index is 913. The monoisotopic (exact) mass is 382 g/mol. The van der Waals surface area contributed by atoms with Crippen LogP contribution in [0.15, 0.2) is 60.0 Å². The van der Waals surface area contributed by atoms with E-state index in [0.717, 1.165) is 21.8 Å². The number of benzene rings is 2. The molecule has 1 fully saturated rings. The average Bonchev–Trinajstić information content (AvgIpc) is 3.37. The van der Waals surface area contributed by atoms with E-state index in [0.29, 0.717) is 13.0 Å². The van der Waals surface area contributed by atoms with Crippen molar-refractivity contribution in [3.63, 3.8) is 0 Å². The molecule has 2 aromatic carbocycles. The molecule has 2 heterocycles. The maximum absolute atomic E-state index is 13.0. The number of amides is 1. The summed E-state index contributed by atoms with van der Waals surface area (Å²) in [6.45, 7) is 0.390. The summed E-state index contributed by atoms with van der Waals surface area (Å²) in [5, 5.41) is 5.83. The lowest BCUT2D eigenvalue weighted by molar-refractivity contribution is -0.123.